The van der Waals surface area contributed by atoms with Crippen LogP contribution >= 0.6 is 23.5 Å². The van der Waals surface area contributed by atoms with Crippen LogP contribution in [0.4, 0.5) is 0 Å². The predicted molar refractivity (Wildman–Crippen MR) is 96.5 cm³/mol. The monoisotopic (exact) mass is 346 g/mol. The van der Waals surface area contributed by atoms with Crippen molar-refractivity contribution in [3.63, 3.8) is 0 Å². The van der Waals surface area contributed by atoms with Crippen molar-refractivity contribution >= 4 is 35.3 Å². The number of rotatable bonds is 13. The van der Waals surface area contributed by atoms with Crippen LogP contribution in [0, 0.1) is 0 Å². The van der Waals surface area contributed by atoms with Gasteiger partial charge in [0.05, 0.1) is 23.7 Å². The molecule has 0 heterocycles. The highest BCUT2D eigenvalue weighted by Crippen LogP contribution is 2.06. The molecule has 1 atom stereocenters. The Morgan fingerprint density at radius 3 is 2.18 bits per heavy atom. The summed E-state index contributed by atoms with van der Waals surface area (Å²) >= 11 is 2.98. The normalized spacial score (nSPS) is 13.0. The van der Waals surface area contributed by atoms with Gasteiger partial charge in [-0.2, -0.15) is 0 Å². The van der Waals surface area contributed by atoms with Gasteiger partial charge in [0.2, 0.25) is 11.8 Å². The van der Waals surface area contributed by atoms with Gasteiger partial charge in [0, 0.05) is 25.2 Å². The summed E-state index contributed by atoms with van der Waals surface area (Å²) in [5.41, 5.74) is -0.626. The van der Waals surface area contributed by atoms with Crippen molar-refractivity contribution in [1.82, 2.24) is 10.6 Å². The molecule has 22 heavy (non-hydrogen) atoms. The van der Waals surface area contributed by atoms with Gasteiger partial charge in [0.25, 0.3) is 0 Å². The molecule has 0 aromatic carbocycles. The van der Waals surface area contributed by atoms with E-state index in [0.717, 1.165) is 11.5 Å². The van der Waals surface area contributed by atoms with E-state index in [0.29, 0.717) is 24.7 Å². The van der Waals surface area contributed by atoms with E-state index >= 15 is 0 Å². The summed E-state index contributed by atoms with van der Waals surface area (Å²) in [5, 5.41) is 5.75. The molecule has 1 unspecified atom stereocenters. The molecule has 126 valence electrons. The number of nitrogens with one attached hydrogen (secondary N) is 2. The molecule has 0 aliphatic rings. The number of hydrogen-bond acceptors (Lipinski definition) is 5. The van der Waals surface area contributed by atoms with Crippen LogP contribution in [0.15, 0.2) is 25.3 Å². The predicted octanol–water partition coefficient (Wildman–Crippen LogP) is 1.46. The zero-order valence-corrected chi connectivity index (χ0v) is 15.0. The molecule has 2 amide bonds. The third-order valence-corrected chi connectivity index (χ3v) is 4.39. The van der Waals surface area contributed by atoms with E-state index in [1.165, 1.54) is 23.5 Å². The molecule has 0 saturated heterocycles. The van der Waals surface area contributed by atoms with Crippen LogP contribution in [0.2, 0.25) is 0 Å². The molecular weight excluding hydrogens is 320 g/mol. The lowest BCUT2D eigenvalue weighted by molar-refractivity contribution is -0.122. The molecule has 0 aromatic rings. The van der Waals surface area contributed by atoms with E-state index in [2.05, 4.69) is 23.8 Å². The van der Waals surface area contributed by atoms with Gasteiger partial charge in [0.15, 0.2) is 0 Å². The van der Waals surface area contributed by atoms with Crippen molar-refractivity contribution in [2.24, 2.45) is 0 Å². The molecule has 0 rings (SSSR count). The lowest BCUT2D eigenvalue weighted by Crippen LogP contribution is -2.57. The summed E-state index contributed by atoms with van der Waals surface area (Å²) < 4.78 is 5.16. The van der Waals surface area contributed by atoms with Crippen LogP contribution in [0.3, 0.4) is 0 Å². The SMILES string of the molecule is C=CCSCC(=O)NCC(C)(COC)NC(=O)CSCC=C. The quantitative estimate of drug-likeness (QED) is 0.390. The second kappa shape index (κ2) is 12.6. The third kappa shape index (κ3) is 10.8. The minimum absolute atomic E-state index is 0.0653. The van der Waals surface area contributed by atoms with Gasteiger partial charge < -0.3 is 15.4 Å². The van der Waals surface area contributed by atoms with Crippen molar-refractivity contribution in [3.05, 3.63) is 25.3 Å². The molecule has 0 radical (unpaired) electrons. The van der Waals surface area contributed by atoms with Crippen molar-refractivity contribution in [3.8, 4) is 0 Å². The number of hydrogen-bond donors (Lipinski definition) is 2. The molecule has 0 aliphatic carbocycles. The van der Waals surface area contributed by atoms with Crippen molar-refractivity contribution in [2.45, 2.75) is 12.5 Å². The minimum Gasteiger partial charge on any atom is -0.382 e. The Morgan fingerprint density at radius 2 is 1.68 bits per heavy atom. The van der Waals surface area contributed by atoms with Gasteiger partial charge in [-0.1, -0.05) is 12.2 Å². The Morgan fingerprint density at radius 1 is 1.14 bits per heavy atom. The first kappa shape index (κ1) is 21.1. The van der Waals surface area contributed by atoms with E-state index in [4.69, 9.17) is 4.74 Å². The second-order valence-electron chi connectivity index (χ2n) is 4.93. The van der Waals surface area contributed by atoms with Gasteiger partial charge in [-0.3, -0.25) is 9.59 Å². The van der Waals surface area contributed by atoms with Crippen LogP contribution < -0.4 is 10.6 Å². The summed E-state index contributed by atoms with van der Waals surface area (Å²) in [6.07, 6.45) is 3.52. The highest BCUT2D eigenvalue weighted by atomic mass is 32.2. The Bertz CT molecular complexity index is 378. The molecule has 7 heteroatoms. The average molecular weight is 347 g/mol. The second-order valence-corrected chi connectivity index (χ2v) is 6.99. The standard InChI is InChI=1S/C15H26N2O3S2/c1-5-7-21-9-13(18)16-11-15(3,12-20-4)17-14(19)10-22-8-6-2/h5-6H,1-2,7-12H2,3-4H3,(H,16,18)(H,17,19). The lowest BCUT2D eigenvalue weighted by Gasteiger charge is -2.30. The molecular formula is C15H26N2O3S2. The van der Waals surface area contributed by atoms with E-state index in [-0.39, 0.29) is 11.8 Å². The smallest absolute Gasteiger partial charge is 0.230 e. The number of carbonyl (C=O) groups is 2. The molecule has 0 bridgehead atoms. The maximum atomic E-state index is 11.9. The number of carbonyl (C=O) groups excluding carboxylic acids is 2. The van der Waals surface area contributed by atoms with E-state index in [9.17, 15) is 9.59 Å². The summed E-state index contributed by atoms with van der Waals surface area (Å²) in [6, 6.07) is 0. The minimum atomic E-state index is -0.626. The molecule has 0 spiro atoms. The number of thioether (sulfide) groups is 2. The third-order valence-electron chi connectivity index (χ3n) is 2.52. The van der Waals surface area contributed by atoms with Gasteiger partial charge in [-0.05, 0) is 6.92 Å². The summed E-state index contributed by atoms with van der Waals surface area (Å²) in [5.74, 6) is 2.05. The van der Waals surface area contributed by atoms with Gasteiger partial charge in [-0.25, -0.2) is 0 Å². The Labute approximate surface area is 141 Å². The van der Waals surface area contributed by atoms with Crippen LogP contribution in [0.5, 0.6) is 0 Å². The van der Waals surface area contributed by atoms with Crippen LogP contribution in [-0.2, 0) is 14.3 Å². The molecule has 0 fully saturated rings. The van der Waals surface area contributed by atoms with E-state index in [1.54, 1.807) is 19.3 Å². The summed E-state index contributed by atoms with van der Waals surface area (Å²) in [7, 11) is 1.57. The van der Waals surface area contributed by atoms with Gasteiger partial charge >= 0.3 is 0 Å². The highest BCUT2D eigenvalue weighted by Gasteiger charge is 2.27. The fourth-order valence-electron chi connectivity index (χ4n) is 1.64. The van der Waals surface area contributed by atoms with Gasteiger partial charge in [-0.15, -0.1) is 36.7 Å². The first-order chi connectivity index (χ1) is 10.5. The Kier molecular flexibility index (Phi) is 12.1. The fraction of sp³-hybridized carbons (Fsp3) is 0.600. The summed E-state index contributed by atoms with van der Waals surface area (Å²) in [6.45, 7) is 9.72. The van der Waals surface area contributed by atoms with Crippen molar-refractivity contribution in [1.29, 1.82) is 0 Å². The van der Waals surface area contributed by atoms with Crippen LogP contribution in [-0.4, -0.2) is 60.6 Å². The maximum Gasteiger partial charge on any atom is 0.230 e. The van der Waals surface area contributed by atoms with Crippen molar-refractivity contribution in [2.75, 3.05) is 43.3 Å². The molecule has 0 saturated carbocycles. The fourth-order valence-corrected chi connectivity index (χ4v) is 2.75. The van der Waals surface area contributed by atoms with Crippen LogP contribution in [0.1, 0.15) is 6.92 Å². The lowest BCUT2D eigenvalue weighted by atomic mass is 10.0. The molecule has 5 nitrogen and oxygen atoms in total. The number of methoxy groups -OCH3 is 1. The van der Waals surface area contributed by atoms with E-state index < -0.39 is 5.54 Å². The topological polar surface area (TPSA) is 67.4 Å². The number of ether oxygens (including phenoxy) is 1. The molecule has 0 aliphatic heterocycles. The molecule has 2 N–H and O–H groups in total. The van der Waals surface area contributed by atoms with Crippen molar-refractivity contribution < 1.29 is 14.3 Å². The van der Waals surface area contributed by atoms with E-state index in [1.807, 2.05) is 6.92 Å². The number of amides is 2. The maximum absolute atomic E-state index is 11.9. The first-order valence-corrected chi connectivity index (χ1v) is 9.22. The Hall–Kier alpha value is -0.920. The largest absolute Gasteiger partial charge is 0.382 e. The molecule has 0 aromatic heterocycles. The summed E-state index contributed by atoms with van der Waals surface area (Å²) in [4.78, 5) is 23.6. The zero-order chi connectivity index (χ0) is 16.8. The average Bonchev–Trinajstić information content (AvgIpc) is 2.46. The first-order valence-electron chi connectivity index (χ1n) is 6.91. The highest BCUT2D eigenvalue weighted by molar-refractivity contribution is 8.00. The Balaban J connectivity index is 4.29. The van der Waals surface area contributed by atoms with Gasteiger partial charge in [0.1, 0.15) is 0 Å². The van der Waals surface area contributed by atoms with Crippen LogP contribution in [0.25, 0.3) is 0 Å². The zero-order valence-electron chi connectivity index (χ0n) is 13.4.